The van der Waals surface area contributed by atoms with Crippen molar-refractivity contribution in [1.82, 2.24) is 9.80 Å². The predicted octanol–water partition coefficient (Wildman–Crippen LogP) is 0.167. The summed E-state index contributed by atoms with van der Waals surface area (Å²) < 4.78 is 4.78. The van der Waals surface area contributed by atoms with Crippen LogP contribution in [0.2, 0.25) is 0 Å². The second-order valence-electron chi connectivity index (χ2n) is 5.00. The molecule has 2 N–H and O–H groups in total. The van der Waals surface area contributed by atoms with Gasteiger partial charge in [0.1, 0.15) is 6.61 Å². The number of imide groups is 1. The molecule has 2 fully saturated rings. The largest absolute Gasteiger partial charge is 0.447 e. The van der Waals surface area contributed by atoms with E-state index < -0.39 is 6.09 Å². The SMILES string of the molecule is CC1CCCC(CN)N1CC(=O)N1CCOC1=O. The third kappa shape index (κ3) is 2.64. The summed E-state index contributed by atoms with van der Waals surface area (Å²) in [7, 11) is 0. The normalized spacial score (nSPS) is 29.4. The predicted molar refractivity (Wildman–Crippen MR) is 65.9 cm³/mol. The molecule has 18 heavy (non-hydrogen) atoms. The van der Waals surface area contributed by atoms with E-state index in [1.165, 1.54) is 4.90 Å². The summed E-state index contributed by atoms with van der Waals surface area (Å²) in [6, 6.07) is 0.589. The molecule has 102 valence electrons. The van der Waals surface area contributed by atoms with Crippen molar-refractivity contribution >= 4 is 12.0 Å². The van der Waals surface area contributed by atoms with Crippen LogP contribution in [0.3, 0.4) is 0 Å². The van der Waals surface area contributed by atoms with Gasteiger partial charge in [0.25, 0.3) is 0 Å². The van der Waals surface area contributed by atoms with Gasteiger partial charge in [-0.15, -0.1) is 0 Å². The van der Waals surface area contributed by atoms with Gasteiger partial charge < -0.3 is 10.5 Å². The molecule has 2 amide bonds. The number of nitrogens with zero attached hydrogens (tertiary/aromatic N) is 2. The Labute approximate surface area is 107 Å². The Balaban J connectivity index is 1.97. The number of amides is 2. The fraction of sp³-hybridized carbons (Fsp3) is 0.833. The van der Waals surface area contributed by atoms with Crippen molar-refractivity contribution in [2.75, 3.05) is 26.2 Å². The number of piperidine rings is 1. The lowest BCUT2D eigenvalue weighted by molar-refractivity contribution is -0.130. The number of hydrogen-bond acceptors (Lipinski definition) is 5. The molecule has 6 nitrogen and oxygen atoms in total. The summed E-state index contributed by atoms with van der Waals surface area (Å²) in [5, 5.41) is 0. The summed E-state index contributed by atoms with van der Waals surface area (Å²) in [5.41, 5.74) is 5.75. The van der Waals surface area contributed by atoms with Crippen LogP contribution in [0.15, 0.2) is 0 Å². The molecule has 2 atom stereocenters. The fourth-order valence-corrected chi connectivity index (χ4v) is 2.74. The van der Waals surface area contributed by atoms with E-state index in [1.54, 1.807) is 0 Å². The first-order chi connectivity index (χ1) is 8.63. The van der Waals surface area contributed by atoms with Crippen LogP contribution in [-0.2, 0) is 9.53 Å². The maximum atomic E-state index is 12.1. The number of carbonyl (C=O) groups is 2. The van der Waals surface area contributed by atoms with Gasteiger partial charge in [-0.2, -0.15) is 0 Å². The van der Waals surface area contributed by atoms with Crippen molar-refractivity contribution in [3.8, 4) is 0 Å². The Bertz CT molecular complexity index is 335. The van der Waals surface area contributed by atoms with Crippen LogP contribution in [0, 0.1) is 0 Å². The van der Waals surface area contributed by atoms with Gasteiger partial charge in [0.2, 0.25) is 5.91 Å². The van der Waals surface area contributed by atoms with Crippen molar-refractivity contribution in [3.05, 3.63) is 0 Å². The highest BCUT2D eigenvalue weighted by molar-refractivity contribution is 5.94. The van der Waals surface area contributed by atoms with E-state index in [9.17, 15) is 9.59 Å². The summed E-state index contributed by atoms with van der Waals surface area (Å²) in [5.74, 6) is -0.176. The number of rotatable bonds is 3. The quantitative estimate of drug-likeness (QED) is 0.778. The molecule has 0 aromatic rings. The van der Waals surface area contributed by atoms with E-state index in [0.29, 0.717) is 25.7 Å². The molecule has 0 saturated carbocycles. The van der Waals surface area contributed by atoms with Gasteiger partial charge in [-0.3, -0.25) is 9.69 Å². The minimum Gasteiger partial charge on any atom is -0.447 e. The zero-order chi connectivity index (χ0) is 13.1. The van der Waals surface area contributed by atoms with Crippen LogP contribution >= 0.6 is 0 Å². The number of carbonyl (C=O) groups excluding carboxylic acids is 2. The van der Waals surface area contributed by atoms with Crippen LogP contribution in [0.4, 0.5) is 4.79 Å². The van der Waals surface area contributed by atoms with Crippen molar-refractivity contribution in [3.63, 3.8) is 0 Å². The molecular formula is C12H21N3O3. The van der Waals surface area contributed by atoms with Gasteiger partial charge in [-0.25, -0.2) is 9.69 Å². The Morgan fingerprint density at radius 3 is 2.89 bits per heavy atom. The number of nitrogens with two attached hydrogens (primary N) is 1. The molecule has 0 aromatic heterocycles. The Kier molecular flexibility index (Phi) is 4.19. The molecule has 0 bridgehead atoms. The molecule has 2 rings (SSSR count). The molecule has 2 unspecified atom stereocenters. The highest BCUT2D eigenvalue weighted by atomic mass is 16.6. The summed E-state index contributed by atoms with van der Waals surface area (Å²) >= 11 is 0. The average Bonchev–Trinajstić information content (AvgIpc) is 2.78. The maximum absolute atomic E-state index is 12.1. The van der Waals surface area contributed by atoms with Crippen LogP contribution in [-0.4, -0.2) is 60.1 Å². The zero-order valence-corrected chi connectivity index (χ0v) is 10.8. The minimum atomic E-state index is -0.519. The van der Waals surface area contributed by atoms with E-state index in [0.717, 1.165) is 19.3 Å². The van der Waals surface area contributed by atoms with E-state index in [4.69, 9.17) is 10.5 Å². The molecule has 2 heterocycles. The standard InChI is InChI=1S/C12H21N3O3/c1-9-3-2-4-10(7-13)15(9)8-11(16)14-5-6-18-12(14)17/h9-10H,2-8,13H2,1H3. The number of hydrogen-bond donors (Lipinski definition) is 1. The summed E-state index contributed by atoms with van der Waals surface area (Å²) in [6.45, 7) is 3.60. The molecule has 2 aliphatic heterocycles. The number of ether oxygens (including phenoxy) is 1. The Hall–Kier alpha value is -1.14. The van der Waals surface area contributed by atoms with Gasteiger partial charge in [0.05, 0.1) is 13.1 Å². The summed E-state index contributed by atoms with van der Waals surface area (Å²) in [4.78, 5) is 26.7. The average molecular weight is 255 g/mol. The first-order valence-corrected chi connectivity index (χ1v) is 6.56. The van der Waals surface area contributed by atoms with E-state index in [-0.39, 0.29) is 18.5 Å². The van der Waals surface area contributed by atoms with Crippen LogP contribution in [0.25, 0.3) is 0 Å². The smallest absolute Gasteiger partial charge is 0.416 e. The monoisotopic (exact) mass is 255 g/mol. The second kappa shape index (κ2) is 5.67. The van der Waals surface area contributed by atoms with Crippen LogP contribution in [0.1, 0.15) is 26.2 Å². The van der Waals surface area contributed by atoms with Crippen molar-refractivity contribution in [1.29, 1.82) is 0 Å². The van der Waals surface area contributed by atoms with Gasteiger partial charge in [-0.1, -0.05) is 6.42 Å². The van der Waals surface area contributed by atoms with Gasteiger partial charge in [0.15, 0.2) is 0 Å². The van der Waals surface area contributed by atoms with Crippen LogP contribution in [0.5, 0.6) is 0 Å². The topological polar surface area (TPSA) is 75.9 Å². The van der Waals surface area contributed by atoms with Crippen LogP contribution < -0.4 is 5.73 Å². The van der Waals surface area contributed by atoms with Crippen molar-refractivity contribution < 1.29 is 14.3 Å². The lowest BCUT2D eigenvalue weighted by atomic mass is 9.96. The molecule has 6 heteroatoms. The lowest BCUT2D eigenvalue weighted by Gasteiger charge is -2.40. The number of likely N-dealkylation sites (tertiary alicyclic amines) is 1. The van der Waals surface area contributed by atoms with E-state index >= 15 is 0 Å². The lowest BCUT2D eigenvalue weighted by Crippen LogP contribution is -2.53. The Morgan fingerprint density at radius 1 is 1.50 bits per heavy atom. The first-order valence-electron chi connectivity index (χ1n) is 6.56. The molecule has 0 radical (unpaired) electrons. The molecule has 0 aromatic carbocycles. The third-order valence-corrected chi connectivity index (χ3v) is 3.85. The van der Waals surface area contributed by atoms with Gasteiger partial charge in [-0.05, 0) is 19.8 Å². The fourth-order valence-electron chi connectivity index (χ4n) is 2.74. The second-order valence-corrected chi connectivity index (χ2v) is 5.00. The van der Waals surface area contributed by atoms with E-state index in [2.05, 4.69) is 11.8 Å². The highest BCUT2D eigenvalue weighted by Crippen LogP contribution is 2.22. The van der Waals surface area contributed by atoms with Gasteiger partial charge in [0, 0.05) is 18.6 Å². The molecule has 2 saturated heterocycles. The molecular weight excluding hydrogens is 234 g/mol. The third-order valence-electron chi connectivity index (χ3n) is 3.85. The minimum absolute atomic E-state index is 0.176. The summed E-state index contributed by atoms with van der Waals surface area (Å²) in [6.07, 6.45) is 2.74. The van der Waals surface area contributed by atoms with Crippen molar-refractivity contribution in [2.24, 2.45) is 5.73 Å². The zero-order valence-electron chi connectivity index (χ0n) is 10.8. The first kappa shape index (κ1) is 13.3. The molecule has 2 aliphatic rings. The van der Waals surface area contributed by atoms with Gasteiger partial charge >= 0.3 is 6.09 Å². The Morgan fingerprint density at radius 2 is 2.28 bits per heavy atom. The highest BCUT2D eigenvalue weighted by Gasteiger charge is 2.33. The molecule has 0 spiro atoms. The van der Waals surface area contributed by atoms with Crippen molar-refractivity contribution in [2.45, 2.75) is 38.3 Å². The van der Waals surface area contributed by atoms with E-state index in [1.807, 2.05) is 0 Å². The number of cyclic esters (lactones) is 1. The molecule has 0 aliphatic carbocycles. The maximum Gasteiger partial charge on any atom is 0.416 e.